The van der Waals surface area contributed by atoms with Crippen LogP contribution in [0.1, 0.15) is 16.8 Å². The third-order valence-electron chi connectivity index (χ3n) is 3.61. The quantitative estimate of drug-likeness (QED) is 0.773. The van der Waals surface area contributed by atoms with Gasteiger partial charge in [-0.1, -0.05) is 59.8 Å². The molecule has 0 amide bonds. The summed E-state index contributed by atoms with van der Waals surface area (Å²) in [5, 5.41) is 10.3. The number of benzene rings is 2. The second kappa shape index (κ2) is 6.64. The van der Waals surface area contributed by atoms with Gasteiger partial charge < -0.3 is 10.3 Å². The normalized spacial score (nSPS) is 10.4. The van der Waals surface area contributed by atoms with Crippen LogP contribution in [0.2, 0.25) is 0 Å². The lowest BCUT2D eigenvalue weighted by Gasteiger charge is -2.11. The minimum atomic E-state index is 0.585. The average Bonchev–Trinajstić information content (AvgIpc) is 2.86. The van der Waals surface area contributed by atoms with Crippen molar-refractivity contribution in [1.82, 2.24) is 4.57 Å². The van der Waals surface area contributed by atoms with E-state index in [1.807, 2.05) is 34.9 Å². The van der Waals surface area contributed by atoms with Gasteiger partial charge in [0.1, 0.15) is 16.8 Å². The second-order valence-electron chi connectivity index (χ2n) is 5.39. The van der Waals surface area contributed by atoms with Crippen LogP contribution in [0.25, 0.3) is 0 Å². The van der Waals surface area contributed by atoms with Crippen LogP contribution in [-0.4, -0.2) is 4.57 Å². The van der Waals surface area contributed by atoms with Crippen LogP contribution in [0.3, 0.4) is 0 Å². The molecule has 3 nitrogen and oxygen atoms in total. The molecule has 3 rings (SSSR count). The maximum atomic E-state index is 9.41. The van der Waals surface area contributed by atoms with Crippen molar-refractivity contribution in [3.8, 4) is 6.07 Å². The highest BCUT2D eigenvalue weighted by Crippen LogP contribution is 2.35. The van der Waals surface area contributed by atoms with E-state index in [9.17, 15) is 5.26 Å². The Labute approximate surface area is 140 Å². The van der Waals surface area contributed by atoms with Crippen molar-refractivity contribution in [2.45, 2.75) is 23.4 Å². The summed E-state index contributed by atoms with van der Waals surface area (Å²) >= 11 is 1.59. The standard InChI is InChI=1S/C19H17N3S/c1-14-7-9-15(10-8-14)13-22-16(12-20)11-18(21)19(22)23-17-5-3-2-4-6-17/h2-11H,13,21H2,1H3. The number of nitrogen functional groups attached to an aromatic ring is 1. The minimum absolute atomic E-state index is 0.585. The molecule has 0 spiro atoms. The van der Waals surface area contributed by atoms with E-state index in [1.54, 1.807) is 17.8 Å². The predicted octanol–water partition coefficient (Wildman–Crippen LogP) is 4.45. The fourth-order valence-corrected chi connectivity index (χ4v) is 3.36. The Balaban J connectivity index is 1.97. The zero-order chi connectivity index (χ0) is 16.2. The van der Waals surface area contributed by atoms with Gasteiger partial charge >= 0.3 is 0 Å². The summed E-state index contributed by atoms with van der Waals surface area (Å²) in [6, 6.07) is 22.4. The molecule has 23 heavy (non-hydrogen) atoms. The highest BCUT2D eigenvalue weighted by molar-refractivity contribution is 7.99. The van der Waals surface area contributed by atoms with E-state index >= 15 is 0 Å². The van der Waals surface area contributed by atoms with Gasteiger partial charge in [0, 0.05) is 11.4 Å². The third-order valence-corrected chi connectivity index (χ3v) is 4.77. The molecule has 2 aromatic carbocycles. The topological polar surface area (TPSA) is 54.7 Å². The van der Waals surface area contributed by atoms with Gasteiger partial charge in [0.25, 0.3) is 0 Å². The Hall–Kier alpha value is -2.64. The molecule has 0 fully saturated rings. The van der Waals surface area contributed by atoms with E-state index in [-0.39, 0.29) is 0 Å². The molecule has 1 aromatic heterocycles. The van der Waals surface area contributed by atoms with Crippen molar-refractivity contribution in [2.24, 2.45) is 0 Å². The molecular weight excluding hydrogens is 302 g/mol. The van der Waals surface area contributed by atoms with Gasteiger partial charge in [-0.05, 0) is 30.7 Å². The number of nitriles is 1. The third kappa shape index (κ3) is 3.41. The molecule has 1 heterocycles. The largest absolute Gasteiger partial charge is 0.397 e. The van der Waals surface area contributed by atoms with Gasteiger partial charge in [-0.2, -0.15) is 5.26 Å². The lowest BCUT2D eigenvalue weighted by atomic mass is 10.1. The minimum Gasteiger partial charge on any atom is -0.397 e. The average molecular weight is 319 g/mol. The number of anilines is 1. The van der Waals surface area contributed by atoms with E-state index in [0.29, 0.717) is 17.9 Å². The highest BCUT2D eigenvalue weighted by atomic mass is 32.2. The number of aromatic nitrogens is 1. The fraction of sp³-hybridized carbons (Fsp3) is 0.105. The monoisotopic (exact) mass is 319 g/mol. The first-order valence-corrected chi connectivity index (χ1v) is 8.16. The van der Waals surface area contributed by atoms with Crippen LogP contribution in [0.5, 0.6) is 0 Å². The molecule has 0 radical (unpaired) electrons. The summed E-state index contributed by atoms with van der Waals surface area (Å²) < 4.78 is 1.98. The summed E-state index contributed by atoms with van der Waals surface area (Å²) in [5.41, 5.74) is 9.75. The second-order valence-corrected chi connectivity index (χ2v) is 6.45. The zero-order valence-corrected chi connectivity index (χ0v) is 13.7. The van der Waals surface area contributed by atoms with Gasteiger partial charge in [0.05, 0.1) is 5.69 Å². The highest BCUT2D eigenvalue weighted by Gasteiger charge is 2.14. The summed E-state index contributed by atoms with van der Waals surface area (Å²) in [6.45, 7) is 2.70. The van der Waals surface area contributed by atoms with Crippen LogP contribution >= 0.6 is 11.8 Å². The lowest BCUT2D eigenvalue weighted by Crippen LogP contribution is -2.04. The summed E-state index contributed by atoms with van der Waals surface area (Å²) in [4.78, 5) is 1.10. The fourth-order valence-electron chi connectivity index (χ4n) is 2.39. The molecule has 0 saturated carbocycles. The Bertz CT molecular complexity index is 843. The molecule has 114 valence electrons. The first-order valence-electron chi connectivity index (χ1n) is 7.35. The molecule has 0 atom stereocenters. The van der Waals surface area contributed by atoms with Crippen LogP contribution in [0.15, 0.2) is 70.6 Å². The maximum absolute atomic E-state index is 9.41. The molecule has 0 unspecified atom stereocenters. The smallest absolute Gasteiger partial charge is 0.123 e. The molecule has 0 aliphatic carbocycles. The van der Waals surface area contributed by atoms with E-state index in [1.165, 1.54) is 5.56 Å². The number of aryl methyl sites for hydroxylation is 1. The summed E-state index contributed by atoms with van der Waals surface area (Å²) in [5.74, 6) is 0. The Morgan fingerprint density at radius 1 is 1.09 bits per heavy atom. The number of nitrogens with two attached hydrogens (primary N) is 1. The molecule has 3 aromatic rings. The van der Waals surface area contributed by atoms with Crippen LogP contribution in [0, 0.1) is 18.3 Å². The molecule has 0 aliphatic heterocycles. The van der Waals surface area contributed by atoms with Crippen molar-refractivity contribution in [1.29, 1.82) is 5.26 Å². The van der Waals surface area contributed by atoms with Crippen molar-refractivity contribution in [3.63, 3.8) is 0 Å². The Morgan fingerprint density at radius 3 is 2.43 bits per heavy atom. The van der Waals surface area contributed by atoms with E-state index in [0.717, 1.165) is 15.5 Å². The number of hydrogen-bond donors (Lipinski definition) is 1. The van der Waals surface area contributed by atoms with Gasteiger partial charge in [-0.3, -0.25) is 0 Å². The molecule has 0 aliphatic rings. The van der Waals surface area contributed by atoms with E-state index in [2.05, 4.69) is 37.3 Å². The summed E-state index contributed by atoms with van der Waals surface area (Å²) in [7, 11) is 0. The van der Waals surface area contributed by atoms with Gasteiger partial charge in [0.15, 0.2) is 0 Å². The van der Waals surface area contributed by atoms with Crippen molar-refractivity contribution >= 4 is 17.4 Å². The molecule has 0 bridgehead atoms. The SMILES string of the molecule is Cc1ccc(Cn2c(C#N)cc(N)c2Sc2ccccc2)cc1. The summed E-state index contributed by atoms with van der Waals surface area (Å²) in [6.07, 6.45) is 0. The lowest BCUT2D eigenvalue weighted by molar-refractivity contribution is 0.725. The van der Waals surface area contributed by atoms with Gasteiger partial charge in [-0.15, -0.1) is 0 Å². The van der Waals surface area contributed by atoms with Crippen molar-refractivity contribution in [3.05, 3.63) is 77.5 Å². The molecule has 0 saturated heterocycles. The number of nitrogens with zero attached hydrogens (tertiary/aromatic N) is 2. The van der Waals surface area contributed by atoms with Crippen LogP contribution in [0.4, 0.5) is 5.69 Å². The van der Waals surface area contributed by atoms with Crippen LogP contribution < -0.4 is 5.73 Å². The van der Waals surface area contributed by atoms with Crippen molar-refractivity contribution < 1.29 is 0 Å². The predicted molar refractivity (Wildman–Crippen MR) is 94.4 cm³/mol. The van der Waals surface area contributed by atoms with Crippen LogP contribution in [-0.2, 0) is 6.54 Å². The van der Waals surface area contributed by atoms with E-state index < -0.39 is 0 Å². The van der Waals surface area contributed by atoms with Gasteiger partial charge in [0.2, 0.25) is 0 Å². The molecule has 2 N–H and O–H groups in total. The number of hydrogen-bond acceptors (Lipinski definition) is 3. The number of rotatable bonds is 4. The zero-order valence-electron chi connectivity index (χ0n) is 12.9. The molecule has 4 heteroatoms. The first-order chi connectivity index (χ1) is 11.2. The van der Waals surface area contributed by atoms with E-state index in [4.69, 9.17) is 5.73 Å². The first kappa shape index (κ1) is 15.3. The maximum Gasteiger partial charge on any atom is 0.123 e. The van der Waals surface area contributed by atoms with Crippen molar-refractivity contribution in [2.75, 3.05) is 5.73 Å². The Kier molecular flexibility index (Phi) is 4.40. The van der Waals surface area contributed by atoms with Gasteiger partial charge in [-0.25, -0.2) is 0 Å². The Morgan fingerprint density at radius 2 is 1.78 bits per heavy atom. The molecular formula is C19H17N3S.